The highest BCUT2D eigenvalue weighted by molar-refractivity contribution is 6.36. The molecule has 1 amide bonds. The summed E-state index contributed by atoms with van der Waals surface area (Å²) in [6.07, 6.45) is 0. The Balaban J connectivity index is 1.48. The molecule has 1 N–H and O–H groups in total. The molecule has 0 fully saturated rings. The largest absolute Gasteiger partial charge is 0.436 e. The van der Waals surface area contributed by atoms with E-state index in [9.17, 15) is 4.79 Å². The molecule has 0 unspecified atom stereocenters. The number of benzene rings is 4. The molecule has 0 bridgehead atoms. The van der Waals surface area contributed by atoms with Crippen LogP contribution in [-0.2, 0) is 0 Å². The summed E-state index contributed by atoms with van der Waals surface area (Å²) < 4.78 is 5.94. The fourth-order valence-corrected chi connectivity index (χ4v) is 4.13. The van der Waals surface area contributed by atoms with Gasteiger partial charge in [0.05, 0.1) is 0 Å². The summed E-state index contributed by atoms with van der Waals surface area (Å²) >= 11 is 6.28. The zero-order valence-corrected chi connectivity index (χ0v) is 17.8. The maximum Gasteiger partial charge on any atom is 0.256 e. The fraction of sp³-hybridized carbons (Fsp3) is 0.0769. The van der Waals surface area contributed by atoms with Gasteiger partial charge in [-0.05, 0) is 61.7 Å². The number of nitrogens with zero attached hydrogens (tertiary/aromatic N) is 1. The average Bonchev–Trinajstić information content (AvgIpc) is 3.16. The molecule has 0 aliphatic heterocycles. The third-order valence-electron chi connectivity index (χ3n) is 5.23. The molecule has 4 nitrogen and oxygen atoms in total. The average molecular weight is 427 g/mol. The Hall–Kier alpha value is -3.63. The van der Waals surface area contributed by atoms with Gasteiger partial charge in [0.25, 0.3) is 5.91 Å². The van der Waals surface area contributed by atoms with Crippen LogP contribution >= 0.6 is 11.6 Å². The van der Waals surface area contributed by atoms with Crippen LogP contribution in [0, 0.1) is 13.8 Å². The molecule has 31 heavy (non-hydrogen) atoms. The number of anilines is 1. The van der Waals surface area contributed by atoms with Gasteiger partial charge in [0.15, 0.2) is 5.58 Å². The summed E-state index contributed by atoms with van der Waals surface area (Å²) in [5, 5.41) is 5.25. The van der Waals surface area contributed by atoms with Crippen molar-refractivity contribution >= 4 is 45.1 Å². The highest BCUT2D eigenvalue weighted by atomic mass is 35.5. The van der Waals surface area contributed by atoms with E-state index in [1.807, 2.05) is 74.5 Å². The van der Waals surface area contributed by atoms with Gasteiger partial charge in [0, 0.05) is 27.2 Å². The van der Waals surface area contributed by atoms with E-state index in [-0.39, 0.29) is 5.91 Å². The predicted octanol–water partition coefficient (Wildman–Crippen LogP) is 7.17. The number of amides is 1. The number of rotatable bonds is 3. The highest BCUT2D eigenvalue weighted by Crippen LogP contribution is 2.29. The van der Waals surface area contributed by atoms with E-state index in [0.29, 0.717) is 33.3 Å². The van der Waals surface area contributed by atoms with E-state index in [2.05, 4.69) is 16.4 Å². The summed E-state index contributed by atoms with van der Waals surface area (Å²) in [5.41, 5.74) is 5.82. The van der Waals surface area contributed by atoms with E-state index in [1.165, 1.54) is 0 Å². The van der Waals surface area contributed by atoms with Crippen LogP contribution in [0.1, 0.15) is 21.5 Å². The fourth-order valence-electron chi connectivity index (χ4n) is 3.89. The summed E-state index contributed by atoms with van der Waals surface area (Å²) in [7, 11) is 0. The number of oxazole rings is 1. The molecule has 152 valence electrons. The van der Waals surface area contributed by atoms with Crippen LogP contribution in [0.15, 0.2) is 77.2 Å². The van der Waals surface area contributed by atoms with Gasteiger partial charge in [-0.1, -0.05) is 53.1 Å². The van der Waals surface area contributed by atoms with Crippen LogP contribution in [0.25, 0.3) is 33.3 Å². The van der Waals surface area contributed by atoms with Crippen molar-refractivity contribution in [2.45, 2.75) is 13.8 Å². The molecular weight excluding hydrogens is 408 g/mol. The minimum atomic E-state index is -0.203. The molecule has 5 rings (SSSR count). The van der Waals surface area contributed by atoms with Crippen molar-refractivity contribution in [1.29, 1.82) is 0 Å². The summed E-state index contributed by atoms with van der Waals surface area (Å²) in [6, 6.07) is 22.8. The number of halogens is 1. The van der Waals surface area contributed by atoms with E-state index < -0.39 is 0 Å². The van der Waals surface area contributed by atoms with Crippen molar-refractivity contribution in [3.8, 4) is 11.5 Å². The monoisotopic (exact) mass is 426 g/mol. The molecule has 4 aromatic carbocycles. The van der Waals surface area contributed by atoms with E-state index in [1.54, 1.807) is 6.07 Å². The molecule has 0 radical (unpaired) electrons. The van der Waals surface area contributed by atoms with Crippen molar-refractivity contribution in [1.82, 2.24) is 4.98 Å². The number of aromatic nitrogens is 1. The zero-order chi connectivity index (χ0) is 21.5. The number of hydrogen-bond donors (Lipinski definition) is 1. The molecule has 0 aliphatic rings. The molecule has 5 aromatic rings. The summed E-state index contributed by atoms with van der Waals surface area (Å²) in [6.45, 7) is 4.10. The van der Waals surface area contributed by atoms with Crippen LogP contribution in [0.2, 0.25) is 5.02 Å². The first-order chi connectivity index (χ1) is 15.0. The van der Waals surface area contributed by atoms with Gasteiger partial charge >= 0.3 is 0 Å². The second-order valence-corrected chi connectivity index (χ2v) is 8.08. The Morgan fingerprint density at radius 3 is 2.45 bits per heavy atom. The maximum atomic E-state index is 13.0. The number of aryl methyl sites for hydroxylation is 2. The molecule has 0 atom stereocenters. The summed E-state index contributed by atoms with van der Waals surface area (Å²) in [4.78, 5) is 17.6. The number of hydrogen-bond acceptors (Lipinski definition) is 3. The van der Waals surface area contributed by atoms with Gasteiger partial charge in [-0.15, -0.1) is 0 Å². The van der Waals surface area contributed by atoms with Gasteiger partial charge < -0.3 is 9.73 Å². The van der Waals surface area contributed by atoms with Crippen molar-refractivity contribution < 1.29 is 9.21 Å². The minimum Gasteiger partial charge on any atom is -0.436 e. The van der Waals surface area contributed by atoms with Crippen LogP contribution in [0.4, 0.5) is 5.69 Å². The smallest absolute Gasteiger partial charge is 0.256 e. The number of fused-ring (bicyclic) bond motifs is 2. The number of carbonyl (C=O) groups excluding carboxylic acids is 1. The van der Waals surface area contributed by atoms with E-state index in [0.717, 1.165) is 27.5 Å². The third-order valence-corrected chi connectivity index (χ3v) is 5.56. The van der Waals surface area contributed by atoms with Crippen molar-refractivity contribution in [2.24, 2.45) is 0 Å². The number of nitrogens with one attached hydrogen (secondary N) is 1. The lowest BCUT2D eigenvalue weighted by Gasteiger charge is -2.09. The van der Waals surface area contributed by atoms with E-state index >= 15 is 0 Å². The lowest BCUT2D eigenvalue weighted by atomic mass is 10.0. The lowest BCUT2D eigenvalue weighted by Crippen LogP contribution is -2.12. The normalized spacial score (nSPS) is 11.2. The second-order valence-electron chi connectivity index (χ2n) is 7.67. The Morgan fingerprint density at radius 2 is 1.65 bits per heavy atom. The zero-order valence-electron chi connectivity index (χ0n) is 17.1. The van der Waals surface area contributed by atoms with Crippen LogP contribution < -0.4 is 5.32 Å². The second kappa shape index (κ2) is 7.56. The molecular formula is C26H19ClN2O2. The molecule has 5 heteroatoms. The van der Waals surface area contributed by atoms with Gasteiger partial charge in [-0.3, -0.25) is 4.79 Å². The molecule has 1 aromatic heterocycles. The Morgan fingerprint density at radius 1 is 0.903 bits per heavy atom. The van der Waals surface area contributed by atoms with Crippen LogP contribution in [0.5, 0.6) is 0 Å². The topological polar surface area (TPSA) is 55.1 Å². The van der Waals surface area contributed by atoms with Gasteiger partial charge in [0.2, 0.25) is 5.89 Å². The van der Waals surface area contributed by atoms with Crippen molar-refractivity contribution in [3.63, 3.8) is 0 Å². The predicted molar refractivity (Wildman–Crippen MR) is 126 cm³/mol. The maximum absolute atomic E-state index is 13.0. The molecule has 0 saturated heterocycles. The first-order valence-electron chi connectivity index (χ1n) is 9.96. The first kappa shape index (κ1) is 19.3. The van der Waals surface area contributed by atoms with E-state index in [4.69, 9.17) is 16.0 Å². The molecule has 0 aliphatic carbocycles. The van der Waals surface area contributed by atoms with Gasteiger partial charge in [-0.25, -0.2) is 4.98 Å². The standard InChI is InChI=1S/C26H19ClN2O2/c1-15-11-16(2)13-17(12-15)26-29-23-14-18(9-10-24(23)31-26)28-25(30)21-7-3-6-20-19(21)5-4-8-22(20)27/h3-14H,1-2H3,(H,28,30). The van der Waals surface area contributed by atoms with Crippen LogP contribution in [-0.4, -0.2) is 10.9 Å². The molecule has 1 heterocycles. The quantitative estimate of drug-likeness (QED) is 0.332. The van der Waals surface area contributed by atoms with Crippen molar-refractivity contribution in [3.05, 3.63) is 94.5 Å². The van der Waals surface area contributed by atoms with Gasteiger partial charge in [0.1, 0.15) is 5.52 Å². The third kappa shape index (κ3) is 3.66. The molecule has 0 spiro atoms. The Kier molecular flexibility index (Phi) is 4.72. The Bertz CT molecular complexity index is 1450. The number of carbonyl (C=O) groups is 1. The first-order valence-corrected chi connectivity index (χ1v) is 10.3. The SMILES string of the molecule is Cc1cc(C)cc(-c2nc3cc(NC(=O)c4cccc5c(Cl)cccc45)ccc3o2)c1. The summed E-state index contributed by atoms with van der Waals surface area (Å²) in [5.74, 6) is 0.360. The van der Waals surface area contributed by atoms with Crippen molar-refractivity contribution in [2.75, 3.05) is 5.32 Å². The minimum absolute atomic E-state index is 0.203. The highest BCUT2D eigenvalue weighted by Gasteiger charge is 2.14. The lowest BCUT2D eigenvalue weighted by molar-refractivity contribution is 0.102. The molecule has 0 saturated carbocycles. The van der Waals surface area contributed by atoms with Crippen LogP contribution in [0.3, 0.4) is 0 Å². The van der Waals surface area contributed by atoms with Gasteiger partial charge in [-0.2, -0.15) is 0 Å². The Labute approximate surface area is 184 Å².